The minimum Gasteiger partial charge on any atom is -0.383 e. The summed E-state index contributed by atoms with van der Waals surface area (Å²) in [5.41, 5.74) is 7.29. The molecule has 2 aromatic rings. The molecule has 24 heavy (non-hydrogen) atoms. The van der Waals surface area contributed by atoms with Crippen molar-refractivity contribution in [2.75, 3.05) is 18.4 Å². The third-order valence-electron chi connectivity index (χ3n) is 3.44. The molecule has 0 aliphatic rings. The summed E-state index contributed by atoms with van der Waals surface area (Å²) in [5.74, 6) is -0.559. The molecule has 3 amide bonds. The highest BCUT2D eigenvalue weighted by Crippen LogP contribution is 2.04. The van der Waals surface area contributed by atoms with Gasteiger partial charge >= 0.3 is 6.03 Å². The zero-order valence-electron chi connectivity index (χ0n) is 13.4. The molecule has 6 heteroatoms. The van der Waals surface area contributed by atoms with Gasteiger partial charge in [-0.25, -0.2) is 4.79 Å². The summed E-state index contributed by atoms with van der Waals surface area (Å²) in [6.45, 7) is 1.01. The lowest BCUT2D eigenvalue weighted by atomic mass is 10.1. The molecule has 0 aliphatic carbocycles. The molecule has 2 rings (SSSR count). The van der Waals surface area contributed by atoms with Gasteiger partial charge in [0.2, 0.25) is 5.91 Å². The smallest absolute Gasteiger partial charge is 0.315 e. The van der Waals surface area contributed by atoms with Crippen LogP contribution in [0.2, 0.25) is 0 Å². The van der Waals surface area contributed by atoms with Crippen LogP contribution in [0.25, 0.3) is 0 Å². The van der Waals surface area contributed by atoms with Crippen LogP contribution in [0.5, 0.6) is 0 Å². The Balaban J connectivity index is 1.73. The van der Waals surface area contributed by atoms with Crippen molar-refractivity contribution in [1.82, 2.24) is 10.6 Å². The van der Waals surface area contributed by atoms with E-state index in [9.17, 15) is 9.59 Å². The van der Waals surface area contributed by atoms with Crippen molar-refractivity contribution in [3.05, 3.63) is 66.2 Å². The molecule has 5 N–H and O–H groups in total. The van der Waals surface area contributed by atoms with Gasteiger partial charge in [-0.2, -0.15) is 0 Å². The zero-order chi connectivity index (χ0) is 17.2. The molecule has 0 heterocycles. The molecule has 126 valence electrons. The molecule has 0 saturated carbocycles. The van der Waals surface area contributed by atoms with Crippen LogP contribution >= 0.6 is 0 Å². The maximum atomic E-state index is 11.9. The zero-order valence-corrected chi connectivity index (χ0v) is 13.4. The van der Waals surface area contributed by atoms with Gasteiger partial charge in [0, 0.05) is 25.2 Å². The van der Waals surface area contributed by atoms with Crippen LogP contribution < -0.4 is 21.7 Å². The normalized spacial score (nSPS) is 11.3. The average molecular weight is 326 g/mol. The van der Waals surface area contributed by atoms with Gasteiger partial charge in [-0.05, 0) is 17.7 Å². The van der Waals surface area contributed by atoms with Gasteiger partial charge in [0.05, 0.1) is 0 Å². The van der Waals surface area contributed by atoms with Crippen LogP contribution in [-0.4, -0.2) is 31.1 Å². The van der Waals surface area contributed by atoms with Gasteiger partial charge in [0.15, 0.2) is 0 Å². The number of nitrogens with two attached hydrogens (primary N) is 1. The number of rotatable bonds is 8. The molecule has 1 unspecified atom stereocenters. The summed E-state index contributed by atoms with van der Waals surface area (Å²) in [6.07, 6.45) is 0.367. The van der Waals surface area contributed by atoms with Gasteiger partial charge in [-0.1, -0.05) is 48.5 Å². The van der Waals surface area contributed by atoms with Gasteiger partial charge in [0.25, 0.3) is 0 Å². The lowest BCUT2D eigenvalue weighted by Crippen LogP contribution is -2.50. The summed E-state index contributed by atoms with van der Waals surface area (Å²) in [5, 5.41) is 8.50. The number of carbonyl (C=O) groups is 2. The maximum absolute atomic E-state index is 11.9. The first-order valence-electron chi connectivity index (χ1n) is 7.81. The Bertz CT molecular complexity index is 647. The molecule has 0 bridgehead atoms. The number of urea groups is 1. The summed E-state index contributed by atoms with van der Waals surface area (Å²) < 4.78 is 0. The number of anilines is 1. The van der Waals surface area contributed by atoms with E-state index in [1.807, 2.05) is 60.7 Å². The molecular weight excluding hydrogens is 304 g/mol. The fraction of sp³-hybridized carbons (Fsp3) is 0.222. The van der Waals surface area contributed by atoms with Crippen molar-refractivity contribution in [1.29, 1.82) is 0 Å². The number of primary amides is 1. The first-order chi connectivity index (χ1) is 11.6. The average Bonchev–Trinajstić information content (AvgIpc) is 2.60. The quantitative estimate of drug-likeness (QED) is 0.553. The van der Waals surface area contributed by atoms with E-state index in [4.69, 9.17) is 5.73 Å². The lowest BCUT2D eigenvalue weighted by Gasteiger charge is -2.16. The van der Waals surface area contributed by atoms with E-state index in [0.717, 1.165) is 11.3 Å². The van der Waals surface area contributed by atoms with Gasteiger partial charge in [0.1, 0.15) is 6.04 Å². The Morgan fingerprint density at radius 1 is 0.917 bits per heavy atom. The van der Waals surface area contributed by atoms with Crippen LogP contribution in [0.4, 0.5) is 10.5 Å². The highest BCUT2D eigenvalue weighted by atomic mass is 16.2. The van der Waals surface area contributed by atoms with Gasteiger partial charge in [-0.15, -0.1) is 0 Å². The SMILES string of the molecule is NC(=O)C(Cc1ccccc1)NC(=O)NCCNc1ccccc1. The van der Waals surface area contributed by atoms with E-state index >= 15 is 0 Å². The molecule has 0 aliphatic heterocycles. The number of hydrogen-bond donors (Lipinski definition) is 4. The molecule has 6 nitrogen and oxygen atoms in total. The van der Waals surface area contributed by atoms with E-state index < -0.39 is 18.0 Å². The topological polar surface area (TPSA) is 96.2 Å². The van der Waals surface area contributed by atoms with E-state index in [2.05, 4.69) is 16.0 Å². The lowest BCUT2D eigenvalue weighted by molar-refractivity contribution is -0.119. The Morgan fingerprint density at radius 2 is 1.54 bits per heavy atom. The Morgan fingerprint density at radius 3 is 2.17 bits per heavy atom. The highest BCUT2D eigenvalue weighted by molar-refractivity contribution is 5.86. The summed E-state index contributed by atoms with van der Waals surface area (Å²) >= 11 is 0. The van der Waals surface area contributed by atoms with Crippen molar-refractivity contribution in [2.45, 2.75) is 12.5 Å². The monoisotopic (exact) mass is 326 g/mol. The van der Waals surface area contributed by atoms with Crippen LogP contribution in [0.1, 0.15) is 5.56 Å². The molecule has 0 fully saturated rings. The molecule has 1 atom stereocenters. The summed E-state index contributed by atoms with van der Waals surface area (Å²) in [4.78, 5) is 23.4. The van der Waals surface area contributed by atoms with Crippen LogP contribution in [0.3, 0.4) is 0 Å². The number of benzene rings is 2. The molecule has 0 saturated heterocycles. The molecular formula is C18H22N4O2. The minimum absolute atomic E-state index is 0.367. The predicted octanol–water partition coefficient (Wildman–Crippen LogP) is 1.49. The third kappa shape index (κ3) is 6.00. The largest absolute Gasteiger partial charge is 0.383 e. The molecule has 0 aromatic heterocycles. The van der Waals surface area contributed by atoms with Crippen molar-refractivity contribution < 1.29 is 9.59 Å². The minimum atomic E-state index is -0.741. The Hall–Kier alpha value is -3.02. The second-order valence-electron chi connectivity index (χ2n) is 5.34. The number of hydrogen-bond acceptors (Lipinski definition) is 3. The van der Waals surface area contributed by atoms with E-state index in [1.54, 1.807) is 0 Å². The number of carbonyl (C=O) groups excluding carboxylic acids is 2. The van der Waals surface area contributed by atoms with Crippen LogP contribution in [0.15, 0.2) is 60.7 Å². The first kappa shape index (κ1) is 17.3. The second kappa shape index (κ2) is 9.19. The molecule has 2 aromatic carbocycles. The first-order valence-corrected chi connectivity index (χ1v) is 7.81. The van der Waals surface area contributed by atoms with Crippen LogP contribution in [-0.2, 0) is 11.2 Å². The van der Waals surface area contributed by atoms with Crippen molar-refractivity contribution >= 4 is 17.6 Å². The van der Waals surface area contributed by atoms with E-state index in [1.165, 1.54) is 0 Å². The Kier molecular flexibility index (Phi) is 6.64. The van der Waals surface area contributed by atoms with Crippen LogP contribution in [0, 0.1) is 0 Å². The van der Waals surface area contributed by atoms with Gasteiger partial charge < -0.3 is 21.7 Å². The number of nitrogens with one attached hydrogen (secondary N) is 3. The highest BCUT2D eigenvalue weighted by Gasteiger charge is 2.18. The Labute approximate surface area is 141 Å². The number of amides is 3. The van der Waals surface area contributed by atoms with E-state index in [-0.39, 0.29) is 0 Å². The van der Waals surface area contributed by atoms with Crippen molar-refractivity contribution in [3.63, 3.8) is 0 Å². The predicted molar refractivity (Wildman–Crippen MR) is 94.6 cm³/mol. The van der Waals surface area contributed by atoms with Crippen molar-refractivity contribution in [2.24, 2.45) is 5.73 Å². The number of para-hydroxylation sites is 1. The van der Waals surface area contributed by atoms with Gasteiger partial charge in [-0.3, -0.25) is 4.79 Å². The molecule has 0 spiro atoms. The third-order valence-corrected chi connectivity index (χ3v) is 3.44. The fourth-order valence-electron chi connectivity index (χ4n) is 2.22. The summed E-state index contributed by atoms with van der Waals surface area (Å²) in [6, 6.07) is 18.0. The van der Waals surface area contributed by atoms with E-state index in [0.29, 0.717) is 19.5 Å². The maximum Gasteiger partial charge on any atom is 0.315 e. The standard InChI is InChI=1S/C18H22N4O2/c19-17(23)16(13-14-7-3-1-4-8-14)22-18(24)21-12-11-20-15-9-5-2-6-10-15/h1-10,16,20H,11-13H2,(H2,19,23)(H2,21,22,24). The molecule has 0 radical (unpaired) electrons. The fourth-order valence-corrected chi connectivity index (χ4v) is 2.22. The summed E-state index contributed by atoms with van der Waals surface area (Å²) in [7, 11) is 0. The second-order valence-corrected chi connectivity index (χ2v) is 5.34. The van der Waals surface area contributed by atoms with Crippen molar-refractivity contribution in [3.8, 4) is 0 Å².